The van der Waals surface area contributed by atoms with E-state index in [1.807, 2.05) is 18.2 Å². The summed E-state index contributed by atoms with van der Waals surface area (Å²) in [5.41, 5.74) is 3.78. The molecule has 0 bridgehead atoms. The van der Waals surface area contributed by atoms with Gasteiger partial charge >= 0.3 is 0 Å². The van der Waals surface area contributed by atoms with E-state index in [1.54, 1.807) is 14.2 Å². The Balaban J connectivity index is 2.05. The van der Waals surface area contributed by atoms with Crippen LogP contribution >= 0.6 is 0 Å². The molecule has 2 heteroatoms. The lowest BCUT2D eigenvalue weighted by molar-refractivity contribution is 0.398. The molecule has 0 amide bonds. The molecule has 0 aliphatic rings. The van der Waals surface area contributed by atoms with Crippen LogP contribution in [0.15, 0.2) is 48.5 Å². The number of hydrogen-bond acceptors (Lipinski definition) is 2. The Bertz CT molecular complexity index is 629. The molecule has 0 aliphatic carbocycles. The fourth-order valence-corrected chi connectivity index (χ4v) is 2.60. The Labute approximate surface area is 133 Å². The van der Waals surface area contributed by atoms with Gasteiger partial charge in [-0.05, 0) is 61.1 Å². The molecular weight excluding hydrogens is 272 g/mol. The second kappa shape index (κ2) is 8.28. The number of allylic oxidation sites excluding steroid dienone is 1. The lowest BCUT2D eigenvalue weighted by Gasteiger charge is -2.11. The molecular formula is C20H23O2. The van der Waals surface area contributed by atoms with E-state index in [2.05, 4.69) is 43.3 Å². The third-order valence-corrected chi connectivity index (χ3v) is 3.73. The standard InChI is InChI=1S/C20H23O2/c1-4-8-16-9-5-6-10-17(16)11-7-12-18-15-19(21-2)13-14-20(18)22-3/h4-6,8-10,13-15H,1,7,11-12H2,2-3H3/b8-4+. The minimum Gasteiger partial charge on any atom is -0.497 e. The molecule has 0 aromatic heterocycles. The minimum absolute atomic E-state index is 0.871. The highest BCUT2D eigenvalue weighted by Gasteiger charge is 2.06. The molecule has 0 spiro atoms. The molecule has 0 unspecified atom stereocenters. The van der Waals surface area contributed by atoms with Gasteiger partial charge in [-0.15, -0.1) is 0 Å². The maximum absolute atomic E-state index is 5.43. The van der Waals surface area contributed by atoms with Crippen molar-refractivity contribution in [3.05, 3.63) is 72.2 Å². The fourth-order valence-electron chi connectivity index (χ4n) is 2.60. The monoisotopic (exact) mass is 295 g/mol. The molecule has 0 N–H and O–H groups in total. The molecule has 2 aromatic rings. The van der Waals surface area contributed by atoms with Crippen molar-refractivity contribution in [3.63, 3.8) is 0 Å². The quantitative estimate of drug-likeness (QED) is 0.735. The molecule has 0 fully saturated rings. The zero-order chi connectivity index (χ0) is 15.8. The third-order valence-electron chi connectivity index (χ3n) is 3.73. The number of ether oxygens (including phenoxy) is 2. The Hall–Kier alpha value is -2.22. The molecule has 1 radical (unpaired) electrons. The van der Waals surface area contributed by atoms with Crippen LogP contribution < -0.4 is 9.47 Å². The predicted molar refractivity (Wildman–Crippen MR) is 92.4 cm³/mol. The van der Waals surface area contributed by atoms with Gasteiger partial charge in [0.1, 0.15) is 11.5 Å². The highest BCUT2D eigenvalue weighted by molar-refractivity contribution is 5.54. The van der Waals surface area contributed by atoms with Crippen molar-refractivity contribution in [2.24, 2.45) is 0 Å². The molecule has 0 saturated carbocycles. The van der Waals surface area contributed by atoms with Crippen molar-refractivity contribution in [2.75, 3.05) is 14.2 Å². The molecule has 0 atom stereocenters. The Morgan fingerprint density at radius 1 is 0.955 bits per heavy atom. The van der Waals surface area contributed by atoms with Crippen LogP contribution in [0.25, 0.3) is 6.08 Å². The Kier molecular flexibility index (Phi) is 6.08. The van der Waals surface area contributed by atoms with Gasteiger partial charge in [0.05, 0.1) is 14.2 Å². The van der Waals surface area contributed by atoms with E-state index in [0.29, 0.717) is 0 Å². The third kappa shape index (κ3) is 4.14. The Morgan fingerprint density at radius 2 is 1.73 bits per heavy atom. The van der Waals surface area contributed by atoms with Gasteiger partial charge in [-0.25, -0.2) is 0 Å². The molecule has 2 rings (SSSR count). The largest absolute Gasteiger partial charge is 0.497 e. The first-order valence-corrected chi connectivity index (χ1v) is 7.53. The number of aryl methyl sites for hydroxylation is 2. The van der Waals surface area contributed by atoms with Crippen molar-refractivity contribution < 1.29 is 9.47 Å². The summed E-state index contributed by atoms with van der Waals surface area (Å²) in [4.78, 5) is 0. The van der Waals surface area contributed by atoms with Crippen LogP contribution in [0.3, 0.4) is 0 Å². The lowest BCUT2D eigenvalue weighted by Crippen LogP contribution is -1.96. The van der Waals surface area contributed by atoms with E-state index in [1.165, 1.54) is 16.7 Å². The lowest BCUT2D eigenvalue weighted by atomic mass is 9.99. The molecule has 0 aliphatic heterocycles. The molecule has 2 nitrogen and oxygen atoms in total. The zero-order valence-electron chi connectivity index (χ0n) is 13.3. The smallest absolute Gasteiger partial charge is 0.122 e. The van der Waals surface area contributed by atoms with Gasteiger partial charge in [0.25, 0.3) is 0 Å². The van der Waals surface area contributed by atoms with Crippen LogP contribution in [0.5, 0.6) is 11.5 Å². The van der Waals surface area contributed by atoms with Gasteiger partial charge < -0.3 is 9.47 Å². The highest BCUT2D eigenvalue weighted by atomic mass is 16.5. The summed E-state index contributed by atoms with van der Waals surface area (Å²) in [7, 11) is 3.40. The number of rotatable bonds is 7. The van der Waals surface area contributed by atoms with Crippen LogP contribution in [-0.2, 0) is 12.8 Å². The summed E-state index contributed by atoms with van der Waals surface area (Å²) in [5.74, 6) is 1.79. The van der Waals surface area contributed by atoms with Crippen LogP contribution in [0, 0.1) is 6.92 Å². The average molecular weight is 295 g/mol. The van der Waals surface area contributed by atoms with E-state index in [9.17, 15) is 0 Å². The molecule has 0 saturated heterocycles. The van der Waals surface area contributed by atoms with Crippen LogP contribution in [0.2, 0.25) is 0 Å². The first-order chi connectivity index (χ1) is 10.8. The zero-order valence-corrected chi connectivity index (χ0v) is 13.3. The summed E-state index contributed by atoms with van der Waals surface area (Å²) in [6, 6.07) is 14.4. The summed E-state index contributed by atoms with van der Waals surface area (Å²) < 4.78 is 10.7. The van der Waals surface area contributed by atoms with E-state index >= 15 is 0 Å². The second-order valence-electron chi connectivity index (χ2n) is 5.13. The van der Waals surface area contributed by atoms with Gasteiger partial charge in [-0.2, -0.15) is 0 Å². The Morgan fingerprint density at radius 3 is 2.45 bits per heavy atom. The highest BCUT2D eigenvalue weighted by Crippen LogP contribution is 2.26. The van der Waals surface area contributed by atoms with E-state index < -0.39 is 0 Å². The van der Waals surface area contributed by atoms with Gasteiger partial charge in [0.15, 0.2) is 0 Å². The number of hydrogen-bond donors (Lipinski definition) is 0. The van der Waals surface area contributed by atoms with Crippen molar-refractivity contribution in [3.8, 4) is 11.5 Å². The predicted octanol–water partition coefficient (Wildman–Crippen LogP) is 4.73. The summed E-state index contributed by atoms with van der Waals surface area (Å²) in [5, 5.41) is 0. The fraction of sp³-hybridized carbons (Fsp3) is 0.250. The molecule has 0 heterocycles. The van der Waals surface area contributed by atoms with Crippen molar-refractivity contribution >= 4 is 6.08 Å². The summed E-state index contributed by atoms with van der Waals surface area (Å²) >= 11 is 0. The van der Waals surface area contributed by atoms with Gasteiger partial charge in [-0.1, -0.05) is 36.4 Å². The van der Waals surface area contributed by atoms with Gasteiger partial charge in [-0.3, -0.25) is 0 Å². The first-order valence-electron chi connectivity index (χ1n) is 7.53. The normalized spacial score (nSPS) is 10.9. The van der Waals surface area contributed by atoms with Crippen LogP contribution in [-0.4, -0.2) is 14.2 Å². The second-order valence-corrected chi connectivity index (χ2v) is 5.13. The van der Waals surface area contributed by atoms with Crippen molar-refractivity contribution in [1.82, 2.24) is 0 Å². The van der Waals surface area contributed by atoms with Gasteiger partial charge in [0.2, 0.25) is 0 Å². The van der Waals surface area contributed by atoms with E-state index in [4.69, 9.17) is 9.47 Å². The SMILES string of the molecule is [CH2]/C=C/c1ccccc1CCCc1cc(OC)ccc1OC. The van der Waals surface area contributed by atoms with Crippen molar-refractivity contribution in [2.45, 2.75) is 19.3 Å². The average Bonchev–Trinajstić information content (AvgIpc) is 2.56. The topological polar surface area (TPSA) is 18.5 Å². The minimum atomic E-state index is 0.871. The van der Waals surface area contributed by atoms with Crippen molar-refractivity contribution in [1.29, 1.82) is 0 Å². The van der Waals surface area contributed by atoms with Crippen LogP contribution in [0.4, 0.5) is 0 Å². The van der Waals surface area contributed by atoms with Gasteiger partial charge in [0, 0.05) is 0 Å². The van der Waals surface area contributed by atoms with Crippen LogP contribution in [0.1, 0.15) is 23.1 Å². The van der Waals surface area contributed by atoms with E-state index in [-0.39, 0.29) is 0 Å². The number of methoxy groups -OCH3 is 2. The molecule has 22 heavy (non-hydrogen) atoms. The maximum Gasteiger partial charge on any atom is 0.122 e. The molecule has 2 aromatic carbocycles. The summed E-state index contributed by atoms with van der Waals surface area (Å²) in [6.07, 6.45) is 6.95. The summed E-state index contributed by atoms with van der Waals surface area (Å²) in [6.45, 7) is 3.78. The maximum atomic E-state index is 5.43. The molecule has 115 valence electrons. The van der Waals surface area contributed by atoms with E-state index in [0.717, 1.165) is 30.8 Å². The first kappa shape index (κ1) is 16.2. The number of benzene rings is 2.